The topological polar surface area (TPSA) is 43.2 Å². The van der Waals surface area contributed by atoms with Gasteiger partial charge in [-0.15, -0.1) is 0 Å². The van der Waals surface area contributed by atoms with E-state index < -0.39 is 0 Å². The number of halogens is 1. The third-order valence-corrected chi connectivity index (χ3v) is 3.66. The van der Waals surface area contributed by atoms with E-state index in [2.05, 4.69) is 41.6 Å². The largest absolute Gasteiger partial charge is 0.354 e. The minimum atomic E-state index is 0.200. The zero-order chi connectivity index (χ0) is 14.0. The van der Waals surface area contributed by atoms with Crippen molar-refractivity contribution in [2.45, 2.75) is 26.3 Å². The number of anilines is 1. The molecule has 0 saturated carbocycles. The van der Waals surface area contributed by atoms with Gasteiger partial charge in [0.15, 0.2) is 0 Å². The second kappa shape index (κ2) is 5.36. The fourth-order valence-electron chi connectivity index (χ4n) is 2.32. The van der Waals surface area contributed by atoms with Gasteiger partial charge in [0.05, 0.1) is 11.6 Å². The maximum atomic E-state index is 8.97. The highest BCUT2D eigenvalue weighted by molar-refractivity contribution is 6.29. The quantitative estimate of drug-likeness (QED) is 0.741. The molecular weight excluding hydrogens is 260 g/mol. The van der Waals surface area contributed by atoms with Gasteiger partial charge in [0, 0.05) is 31.7 Å². The van der Waals surface area contributed by atoms with Gasteiger partial charge in [0.25, 0.3) is 0 Å². The van der Waals surface area contributed by atoms with Crippen molar-refractivity contribution in [2.24, 2.45) is 0 Å². The lowest BCUT2D eigenvalue weighted by atomic mass is 10.0. The molecular formula is C14H19ClN4. The molecule has 0 radical (unpaired) electrons. The summed E-state index contributed by atoms with van der Waals surface area (Å²) in [7, 11) is 0. The molecule has 0 atom stereocenters. The Bertz CT molecular complexity index is 493. The van der Waals surface area contributed by atoms with E-state index in [9.17, 15) is 0 Å². The Hall–Kier alpha value is -1.31. The van der Waals surface area contributed by atoms with Crippen LogP contribution in [-0.2, 0) is 0 Å². The van der Waals surface area contributed by atoms with Crippen LogP contribution in [-0.4, -0.2) is 41.6 Å². The molecule has 0 amide bonds. The summed E-state index contributed by atoms with van der Waals surface area (Å²) in [4.78, 5) is 8.96. The number of aromatic nitrogens is 1. The van der Waals surface area contributed by atoms with E-state index >= 15 is 0 Å². The van der Waals surface area contributed by atoms with Gasteiger partial charge in [0.2, 0.25) is 0 Å². The van der Waals surface area contributed by atoms with E-state index in [1.165, 1.54) is 0 Å². The zero-order valence-corrected chi connectivity index (χ0v) is 12.4. The first-order valence-corrected chi connectivity index (χ1v) is 6.85. The average Bonchev–Trinajstić information content (AvgIpc) is 2.37. The van der Waals surface area contributed by atoms with Crippen LogP contribution in [0, 0.1) is 11.3 Å². The Kier molecular flexibility index (Phi) is 3.98. The van der Waals surface area contributed by atoms with Crippen LogP contribution in [0.25, 0.3) is 0 Å². The van der Waals surface area contributed by atoms with Gasteiger partial charge in [-0.3, -0.25) is 4.90 Å². The first-order valence-electron chi connectivity index (χ1n) is 6.48. The standard InChI is InChI=1S/C14H19ClN4/c1-14(2,3)19-6-4-18(5-7-19)13-9-11(10-16)8-12(15)17-13/h8-9H,4-7H2,1-3H3. The van der Waals surface area contributed by atoms with Crippen molar-refractivity contribution in [1.29, 1.82) is 5.26 Å². The van der Waals surface area contributed by atoms with Crippen LogP contribution in [0.3, 0.4) is 0 Å². The molecule has 1 fully saturated rings. The molecule has 5 heteroatoms. The number of nitrogens with zero attached hydrogens (tertiary/aromatic N) is 4. The maximum absolute atomic E-state index is 8.97. The van der Waals surface area contributed by atoms with Crippen LogP contribution in [0.2, 0.25) is 5.15 Å². The van der Waals surface area contributed by atoms with Crippen molar-refractivity contribution >= 4 is 17.4 Å². The molecule has 1 saturated heterocycles. The summed E-state index contributed by atoms with van der Waals surface area (Å²) >= 11 is 5.95. The molecule has 0 unspecified atom stereocenters. The van der Waals surface area contributed by atoms with E-state index in [4.69, 9.17) is 16.9 Å². The number of pyridine rings is 1. The summed E-state index contributed by atoms with van der Waals surface area (Å²) in [5.74, 6) is 0.803. The van der Waals surface area contributed by atoms with E-state index in [1.807, 2.05) is 0 Å². The Morgan fingerprint density at radius 3 is 2.37 bits per heavy atom. The molecule has 0 spiro atoms. The molecule has 1 aliphatic heterocycles. The third-order valence-electron chi connectivity index (χ3n) is 3.46. The van der Waals surface area contributed by atoms with Gasteiger partial charge in [-0.05, 0) is 32.9 Å². The summed E-state index contributed by atoms with van der Waals surface area (Å²) in [6.45, 7) is 10.5. The lowest BCUT2D eigenvalue weighted by Crippen LogP contribution is -2.53. The monoisotopic (exact) mass is 278 g/mol. The predicted molar refractivity (Wildman–Crippen MR) is 77.5 cm³/mol. The van der Waals surface area contributed by atoms with Gasteiger partial charge in [-0.1, -0.05) is 11.6 Å². The maximum Gasteiger partial charge on any atom is 0.132 e. The SMILES string of the molecule is CC(C)(C)N1CCN(c2cc(C#N)cc(Cl)n2)CC1. The lowest BCUT2D eigenvalue weighted by molar-refractivity contribution is 0.128. The Balaban J connectivity index is 2.10. The first kappa shape index (κ1) is 14.1. The molecule has 1 aromatic heterocycles. The highest BCUT2D eigenvalue weighted by Gasteiger charge is 2.26. The van der Waals surface area contributed by atoms with Crippen LogP contribution in [0.5, 0.6) is 0 Å². The minimum absolute atomic E-state index is 0.200. The molecule has 2 heterocycles. The van der Waals surface area contributed by atoms with Gasteiger partial charge in [-0.2, -0.15) is 5.26 Å². The number of hydrogen-bond donors (Lipinski definition) is 0. The van der Waals surface area contributed by atoms with Gasteiger partial charge < -0.3 is 4.90 Å². The van der Waals surface area contributed by atoms with Crippen molar-refractivity contribution < 1.29 is 0 Å². The predicted octanol–water partition coefficient (Wildman–Crippen LogP) is 2.53. The number of nitriles is 1. The molecule has 19 heavy (non-hydrogen) atoms. The molecule has 4 nitrogen and oxygen atoms in total. The second-order valence-electron chi connectivity index (χ2n) is 5.79. The van der Waals surface area contributed by atoms with E-state index in [-0.39, 0.29) is 5.54 Å². The van der Waals surface area contributed by atoms with Crippen molar-refractivity contribution in [3.8, 4) is 6.07 Å². The Morgan fingerprint density at radius 2 is 1.84 bits per heavy atom. The Morgan fingerprint density at radius 1 is 1.21 bits per heavy atom. The van der Waals surface area contributed by atoms with Gasteiger partial charge >= 0.3 is 0 Å². The smallest absolute Gasteiger partial charge is 0.132 e. The number of hydrogen-bond acceptors (Lipinski definition) is 4. The van der Waals surface area contributed by atoms with Gasteiger partial charge in [0.1, 0.15) is 11.0 Å². The molecule has 2 rings (SSSR count). The highest BCUT2D eigenvalue weighted by Crippen LogP contribution is 2.22. The first-order chi connectivity index (χ1) is 8.90. The normalized spacial score (nSPS) is 17.3. The number of rotatable bonds is 1. The van der Waals surface area contributed by atoms with Crippen LogP contribution in [0.1, 0.15) is 26.3 Å². The second-order valence-corrected chi connectivity index (χ2v) is 6.18. The van der Waals surface area contributed by atoms with Gasteiger partial charge in [-0.25, -0.2) is 4.98 Å². The van der Waals surface area contributed by atoms with E-state index in [0.717, 1.165) is 32.0 Å². The fourth-order valence-corrected chi connectivity index (χ4v) is 2.52. The molecule has 0 bridgehead atoms. The third kappa shape index (κ3) is 3.37. The molecule has 1 aromatic rings. The summed E-state index contributed by atoms with van der Waals surface area (Å²) < 4.78 is 0. The fraction of sp³-hybridized carbons (Fsp3) is 0.571. The van der Waals surface area contributed by atoms with Crippen molar-refractivity contribution in [1.82, 2.24) is 9.88 Å². The lowest BCUT2D eigenvalue weighted by Gasteiger charge is -2.42. The molecule has 102 valence electrons. The van der Waals surface area contributed by atoms with Crippen LogP contribution in [0.15, 0.2) is 12.1 Å². The Labute approximate surface area is 119 Å². The summed E-state index contributed by atoms with van der Waals surface area (Å²) in [6.07, 6.45) is 0. The average molecular weight is 279 g/mol. The summed E-state index contributed by atoms with van der Waals surface area (Å²) in [6, 6.07) is 5.52. The summed E-state index contributed by atoms with van der Waals surface area (Å²) in [5, 5.41) is 9.35. The zero-order valence-electron chi connectivity index (χ0n) is 11.6. The minimum Gasteiger partial charge on any atom is -0.354 e. The summed E-state index contributed by atoms with van der Waals surface area (Å²) in [5.41, 5.74) is 0.763. The van der Waals surface area contributed by atoms with Crippen molar-refractivity contribution in [3.05, 3.63) is 22.8 Å². The van der Waals surface area contributed by atoms with Crippen molar-refractivity contribution in [3.63, 3.8) is 0 Å². The van der Waals surface area contributed by atoms with Crippen LogP contribution in [0.4, 0.5) is 5.82 Å². The van der Waals surface area contributed by atoms with Crippen LogP contribution < -0.4 is 4.90 Å². The highest BCUT2D eigenvalue weighted by atomic mass is 35.5. The molecule has 0 aromatic carbocycles. The van der Waals surface area contributed by atoms with Crippen molar-refractivity contribution in [2.75, 3.05) is 31.1 Å². The number of piperazine rings is 1. The van der Waals surface area contributed by atoms with Crippen LogP contribution >= 0.6 is 11.6 Å². The molecule has 1 aliphatic rings. The van der Waals surface area contributed by atoms with E-state index in [0.29, 0.717) is 10.7 Å². The van der Waals surface area contributed by atoms with E-state index in [1.54, 1.807) is 12.1 Å². The molecule has 0 aliphatic carbocycles. The molecule has 0 N–H and O–H groups in total.